The molecule has 19 heavy (non-hydrogen) atoms. The number of rotatable bonds is 3. The second kappa shape index (κ2) is 5.43. The molecule has 1 aliphatic rings. The van der Waals surface area contributed by atoms with Crippen molar-refractivity contribution in [2.45, 2.75) is 25.3 Å². The summed E-state index contributed by atoms with van der Waals surface area (Å²) in [4.78, 5) is 15.4. The molecular weight excluding hydrogens is 278 g/mol. The van der Waals surface area contributed by atoms with Gasteiger partial charge in [0, 0.05) is 17.1 Å². The predicted octanol–water partition coefficient (Wildman–Crippen LogP) is 3.81. The summed E-state index contributed by atoms with van der Waals surface area (Å²) >= 11 is 3.54. The van der Waals surface area contributed by atoms with Crippen molar-refractivity contribution >= 4 is 29.0 Å². The molecule has 1 saturated heterocycles. The summed E-state index contributed by atoms with van der Waals surface area (Å²) in [6.45, 7) is 2.48. The molecule has 2 aromatic heterocycles. The summed E-state index contributed by atoms with van der Waals surface area (Å²) in [5, 5.41) is 2.19. The lowest BCUT2D eigenvalue weighted by Gasteiger charge is -2.34. The molecule has 2 aromatic rings. The predicted molar refractivity (Wildman–Crippen MR) is 78.1 cm³/mol. The number of furan rings is 1. The average molecular weight is 293 g/mol. The molecule has 1 atom stereocenters. The van der Waals surface area contributed by atoms with Crippen LogP contribution in [0, 0.1) is 6.92 Å². The van der Waals surface area contributed by atoms with Gasteiger partial charge in [0.25, 0.3) is 0 Å². The van der Waals surface area contributed by atoms with E-state index in [0.29, 0.717) is 13.0 Å². The Morgan fingerprint density at radius 2 is 2.32 bits per heavy atom. The van der Waals surface area contributed by atoms with Gasteiger partial charge in [-0.05, 0) is 30.5 Å². The zero-order chi connectivity index (χ0) is 13.2. The lowest BCUT2D eigenvalue weighted by atomic mass is 10.3. The highest BCUT2D eigenvalue weighted by Gasteiger charge is 2.31. The molecule has 0 aliphatic carbocycles. The van der Waals surface area contributed by atoms with E-state index in [1.165, 1.54) is 4.88 Å². The molecule has 3 nitrogen and oxygen atoms in total. The van der Waals surface area contributed by atoms with Crippen LogP contribution in [0.3, 0.4) is 0 Å². The maximum Gasteiger partial charge on any atom is 0.225 e. The van der Waals surface area contributed by atoms with Gasteiger partial charge in [0.2, 0.25) is 5.91 Å². The third-order valence-corrected chi connectivity index (χ3v) is 5.44. The molecule has 0 N–H and O–H groups in total. The smallest absolute Gasteiger partial charge is 0.225 e. The maximum atomic E-state index is 12.2. The molecule has 0 radical (unpaired) electrons. The van der Waals surface area contributed by atoms with Crippen LogP contribution in [0.2, 0.25) is 0 Å². The molecule has 100 valence electrons. The van der Waals surface area contributed by atoms with Crippen molar-refractivity contribution in [3.8, 4) is 0 Å². The van der Waals surface area contributed by atoms with E-state index in [0.717, 1.165) is 17.3 Å². The highest BCUT2D eigenvalue weighted by molar-refractivity contribution is 7.99. The minimum atomic E-state index is 0.131. The van der Waals surface area contributed by atoms with E-state index in [1.54, 1.807) is 11.3 Å². The molecule has 5 heteroatoms. The number of amides is 1. The molecule has 3 heterocycles. The topological polar surface area (TPSA) is 33.5 Å². The van der Waals surface area contributed by atoms with Crippen molar-refractivity contribution in [1.82, 2.24) is 4.90 Å². The Hall–Kier alpha value is -1.20. The van der Waals surface area contributed by atoms with Crippen LogP contribution in [0.25, 0.3) is 0 Å². The number of aryl methyl sites for hydroxylation is 1. The molecule has 1 fully saturated rings. The van der Waals surface area contributed by atoms with Gasteiger partial charge in [-0.3, -0.25) is 4.79 Å². The summed E-state index contributed by atoms with van der Waals surface area (Å²) in [7, 11) is 0. The van der Waals surface area contributed by atoms with Gasteiger partial charge in [-0.1, -0.05) is 6.07 Å². The lowest BCUT2D eigenvalue weighted by Crippen LogP contribution is -2.36. The first-order valence-corrected chi connectivity index (χ1v) is 8.16. The van der Waals surface area contributed by atoms with Crippen LogP contribution in [-0.4, -0.2) is 16.6 Å². The van der Waals surface area contributed by atoms with Crippen LogP contribution < -0.4 is 0 Å². The Kier molecular flexibility index (Phi) is 3.66. The van der Waals surface area contributed by atoms with Crippen LogP contribution in [0.15, 0.2) is 34.1 Å². The summed E-state index contributed by atoms with van der Waals surface area (Å²) < 4.78 is 5.60. The first kappa shape index (κ1) is 12.8. The number of nitrogens with zero attached hydrogens (tertiary/aromatic N) is 1. The third kappa shape index (κ3) is 2.72. The van der Waals surface area contributed by atoms with Gasteiger partial charge in [-0.2, -0.15) is 0 Å². The number of carbonyl (C=O) groups excluding carboxylic acids is 1. The van der Waals surface area contributed by atoms with Crippen LogP contribution >= 0.6 is 23.1 Å². The van der Waals surface area contributed by atoms with E-state index >= 15 is 0 Å². The summed E-state index contributed by atoms with van der Waals surface area (Å²) in [6, 6.07) is 8.03. The van der Waals surface area contributed by atoms with Gasteiger partial charge in [-0.15, -0.1) is 23.1 Å². The molecule has 3 rings (SSSR count). The van der Waals surface area contributed by atoms with Crippen molar-refractivity contribution in [3.63, 3.8) is 0 Å². The largest absolute Gasteiger partial charge is 0.464 e. The number of carbonyl (C=O) groups is 1. The van der Waals surface area contributed by atoms with E-state index in [4.69, 9.17) is 4.42 Å². The van der Waals surface area contributed by atoms with E-state index < -0.39 is 0 Å². The third-order valence-electron chi connectivity index (χ3n) is 3.10. The van der Waals surface area contributed by atoms with Crippen LogP contribution in [0.5, 0.6) is 0 Å². The molecule has 0 saturated carbocycles. The van der Waals surface area contributed by atoms with Gasteiger partial charge in [0.05, 0.1) is 6.54 Å². The quantitative estimate of drug-likeness (QED) is 0.862. The molecule has 0 aromatic carbocycles. The maximum absolute atomic E-state index is 12.2. The number of hydrogen-bond donors (Lipinski definition) is 0. The fourth-order valence-electron chi connectivity index (χ4n) is 2.20. The lowest BCUT2D eigenvalue weighted by molar-refractivity contribution is -0.132. The van der Waals surface area contributed by atoms with Crippen LogP contribution in [0.1, 0.15) is 28.2 Å². The van der Waals surface area contributed by atoms with E-state index in [9.17, 15) is 4.79 Å². The minimum Gasteiger partial charge on any atom is -0.464 e. The monoisotopic (exact) mass is 293 g/mol. The van der Waals surface area contributed by atoms with Gasteiger partial charge >= 0.3 is 0 Å². The molecule has 1 amide bonds. The number of thioether (sulfide) groups is 1. The minimum absolute atomic E-state index is 0.131. The average Bonchev–Trinajstić information content (AvgIpc) is 3.03. The molecule has 1 unspecified atom stereocenters. The fraction of sp³-hybridized carbons (Fsp3) is 0.357. The Balaban J connectivity index is 1.83. The highest BCUT2D eigenvalue weighted by Crippen LogP contribution is 2.40. The number of thiophene rings is 1. The van der Waals surface area contributed by atoms with Crippen molar-refractivity contribution in [2.75, 3.05) is 5.75 Å². The van der Waals surface area contributed by atoms with Crippen molar-refractivity contribution < 1.29 is 9.21 Å². The van der Waals surface area contributed by atoms with E-state index in [1.807, 2.05) is 41.8 Å². The summed E-state index contributed by atoms with van der Waals surface area (Å²) in [6.07, 6.45) is 0.617. The second-order valence-corrected chi connectivity index (χ2v) is 6.69. The second-order valence-electron chi connectivity index (χ2n) is 4.52. The highest BCUT2D eigenvalue weighted by atomic mass is 32.2. The van der Waals surface area contributed by atoms with Crippen molar-refractivity contribution in [3.05, 3.63) is 46.0 Å². The Morgan fingerprint density at radius 3 is 3.00 bits per heavy atom. The molecule has 0 spiro atoms. The zero-order valence-corrected chi connectivity index (χ0v) is 12.3. The van der Waals surface area contributed by atoms with Gasteiger partial charge in [-0.25, -0.2) is 0 Å². The van der Waals surface area contributed by atoms with Gasteiger partial charge < -0.3 is 9.32 Å². The van der Waals surface area contributed by atoms with E-state index in [-0.39, 0.29) is 11.3 Å². The van der Waals surface area contributed by atoms with Crippen molar-refractivity contribution in [1.29, 1.82) is 0 Å². The Bertz CT molecular complexity index is 562. The Morgan fingerprint density at radius 1 is 1.42 bits per heavy atom. The SMILES string of the molecule is Cc1ccc(CN2C(=O)CCSC2c2cccs2)o1. The summed E-state index contributed by atoms with van der Waals surface area (Å²) in [5.74, 6) is 2.86. The first-order valence-electron chi connectivity index (χ1n) is 6.24. The van der Waals surface area contributed by atoms with Crippen LogP contribution in [-0.2, 0) is 11.3 Å². The molecular formula is C14H15NO2S2. The summed E-state index contributed by atoms with van der Waals surface area (Å²) in [5.41, 5.74) is 0. The standard InChI is InChI=1S/C14H15NO2S2/c1-10-4-5-11(17-10)9-15-13(16)6-8-19-14(15)12-3-2-7-18-12/h2-5,7,14H,6,8-9H2,1H3. The van der Waals surface area contributed by atoms with Gasteiger partial charge in [0.1, 0.15) is 16.9 Å². The van der Waals surface area contributed by atoms with Crippen molar-refractivity contribution in [2.24, 2.45) is 0 Å². The van der Waals surface area contributed by atoms with E-state index in [2.05, 4.69) is 11.4 Å². The zero-order valence-electron chi connectivity index (χ0n) is 10.7. The Labute approximate surface area is 120 Å². The first-order chi connectivity index (χ1) is 9.24. The fourth-order valence-corrected chi connectivity index (χ4v) is 4.42. The molecule has 0 bridgehead atoms. The number of hydrogen-bond acceptors (Lipinski definition) is 4. The van der Waals surface area contributed by atoms with Crippen LogP contribution in [0.4, 0.5) is 0 Å². The normalized spacial score (nSPS) is 19.9. The van der Waals surface area contributed by atoms with Gasteiger partial charge in [0.15, 0.2) is 0 Å². The molecule has 1 aliphatic heterocycles.